The maximum atomic E-state index is 11.3. The van der Waals surface area contributed by atoms with Gasteiger partial charge in [-0.3, -0.25) is 0 Å². The van der Waals surface area contributed by atoms with Crippen molar-refractivity contribution >= 4 is 6.16 Å². The van der Waals surface area contributed by atoms with Crippen molar-refractivity contribution in [1.82, 2.24) is 0 Å². The Morgan fingerprint density at radius 3 is 1.47 bits per heavy atom. The molecule has 2 rings (SSSR count). The van der Waals surface area contributed by atoms with Crippen LogP contribution in [0.3, 0.4) is 0 Å². The molecule has 2 aromatic carbocycles. The Morgan fingerprint density at radius 2 is 1.11 bits per heavy atom. The van der Waals surface area contributed by atoms with Crippen LogP contribution in [0, 0.1) is 0 Å². The first kappa shape index (κ1) is 14.7. The first-order chi connectivity index (χ1) is 8.84. The molecule has 0 saturated heterocycles. The Labute approximate surface area is 111 Å². The molecule has 0 spiro atoms. The second-order valence-corrected chi connectivity index (χ2v) is 3.80. The molecule has 0 aromatic heterocycles. The maximum absolute atomic E-state index is 11.3. The molecule has 0 aliphatic rings. The van der Waals surface area contributed by atoms with Gasteiger partial charge >= 0.3 is 6.16 Å². The zero-order valence-corrected chi connectivity index (χ0v) is 10.4. The Bertz CT molecular complexity index is 437. The summed E-state index contributed by atoms with van der Waals surface area (Å²) < 4.78 is 9.98. The summed E-state index contributed by atoms with van der Waals surface area (Å²) >= 11 is 0. The third-order valence-electron chi connectivity index (χ3n) is 2.40. The van der Waals surface area contributed by atoms with Crippen molar-refractivity contribution in [3.8, 4) is 0 Å². The summed E-state index contributed by atoms with van der Waals surface area (Å²) in [5.74, 6) is 0. The van der Waals surface area contributed by atoms with Crippen LogP contribution in [0.1, 0.15) is 11.1 Å². The van der Waals surface area contributed by atoms with Crippen LogP contribution in [0.25, 0.3) is 0 Å². The van der Waals surface area contributed by atoms with Crippen molar-refractivity contribution in [3.63, 3.8) is 0 Å². The van der Waals surface area contributed by atoms with Crippen LogP contribution >= 0.6 is 0 Å². The van der Waals surface area contributed by atoms with E-state index in [1.54, 1.807) is 0 Å². The van der Waals surface area contributed by atoms with Gasteiger partial charge in [-0.2, -0.15) is 0 Å². The normalized spacial score (nSPS) is 9.26. The van der Waals surface area contributed by atoms with Gasteiger partial charge < -0.3 is 14.9 Å². The van der Waals surface area contributed by atoms with E-state index < -0.39 is 6.16 Å². The van der Waals surface area contributed by atoms with E-state index in [2.05, 4.69) is 0 Å². The van der Waals surface area contributed by atoms with Crippen LogP contribution in [-0.4, -0.2) is 11.6 Å². The van der Waals surface area contributed by atoms with Crippen LogP contribution in [0.5, 0.6) is 0 Å². The summed E-state index contributed by atoms with van der Waals surface area (Å²) in [6.07, 6.45) is -0.650. The number of carbonyl (C=O) groups excluding carboxylic acids is 1. The van der Waals surface area contributed by atoms with Crippen molar-refractivity contribution in [3.05, 3.63) is 71.8 Å². The van der Waals surface area contributed by atoms with Crippen molar-refractivity contribution in [2.24, 2.45) is 0 Å². The Morgan fingerprint density at radius 1 is 0.737 bits per heavy atom. The van der Waals surface area contributed by atoms with E-state index >= 15 is 0 Å². The first-order valence-corrected chi connectivity index (χ1v) is 5.72. The minimum atomic E-state index is -0.650. The molecule has 0 bridgehead atoms. The predicted molar refractivity (Wildman–Crippen MR) is 71.5 cm³/mol. The lowest BCUT2D eigenvalue weighted by Crippen LogP contribution is -2.07. The van der Waals surface area contributed by atoms with E-state index in [1.165, 1.54) is 0 Å². The van der Waals surface area contributed by atoms with E-state index in [0.717, 1.165) is 11.1 Å². The van der Waals surface area contributed by atoms with Gasteiger partial charge in [0.15, 0.2) is 0 Å². The van der Waals surface area contributed by atoms with E-state index in [-0.39, 0.29) is 18.7 Å². The molecule has 100 valence electrons. The Hall–Kier alpha value is -2.33. The van der Waals surface area contributed by atoms with Gasteiger partial charge in [-0.05, 0) is 11.1 Å². The summed E-state index contributed by atoms with van der Waals surface area (Å²) in [6, 6.07) is 19.0. The molecule has 0 atom stereocenters. The van der Waals surface area contributed by atoms with Gasteiger partial charge in [0.25, 0.3) is 0 Å². The molecule has 2 aromatic rings. The zero-order chi connectivity index (χ0) is 12.6. The molecule has 4 nitrogen and oxygen atoms in total. The molecular weight excluding hydrogens is 244 g/mol. The fourth-order valence-electron chi connectivity index (χ4n) is 1.47. The fourth-order valence-corrected chi connectivity index (χ4v) is 1.47. The number of ether oxygens (including phenoxy) is 2. The summed E-state index contributed by atoms with van der Waals surface area (Å²) in [7, 11) is 0. The molecule has 0 unspecified atom stereocenters. The van der Waals surface area contributed by atoms with Crippen molar-refractivity contribution < 1.29 is 19.7 Å². The van der Waals surface area contributed by atoms with Crippen LogP contribution in [0.4, 0.5) is 4.79 Å². The smallest absolute Gasteiger partial charge is 0.429 e. The molecule has 0 fully saturated rings. The quantitative estimate of drug-likeness (QED) is 0.794. The Balaban J connectivity index is 0.00000180. The second kappa shape index (κ2) is 7.89. The highest BCUT2D eigenvalue weighted by molar-refractivity contribution is 5.59. The summed E-state index contributed by atoms with van der Waals surface area (Å²) in [5.41, 5.74) is 1.88. The van der Waals surface area contributed by atoms with Crippen molar-refractivity contribution in [1.29, 1.82) is 0 Å². The molecule has 2 N–H and O–H groups in total. The van der Waals surface area contributed by atoms with Crippen LogP contribution in [0.2, 0.25) is 0 Å². The number of carbonyl (C=O) groups is 1. The number of benzene rings is 2. The molecule has 0 amide bonds. The van der Waals surface area contributed by atoms with E-state index in [0.29, 0.717) is 0 Å². The van der Waals surface area contributed by atoms with Crippen LogP contribution in [0.15, 0.2) is 60.7 Å². The van der Waals surface area contributed by atoms with Gasteiger partial charge in [0, 0.05) is 0 Å². The largest absolute Gasteiger partial charge is 0.508 e. The maximum Gasteiger partial charge on any atom is 0.508 e. The highest BCUT2D eigenvalue weighted by Crippen LogP contribution is 2.04. The lowest BCUT2D eigenvalue weighted by molar-refractivity contribution is 0.0446. The van der Waals surface area contributed by atoms with E-state index in [4.69, 9.17) is 9.47 Å². The van der Waals surface area contributed by atoms with Crippen molar-refractivity contribution in [2.45, 2.75) is 13.2 Å². The summed E-state index contributed by atoms with van der Waals surface area (Å²) in [5, 5.41) is 0. The van der Waals surface area contributed by atoms with Crippen LogP contribution < -0.4 is 0 Å². The number of hydrogen-bond acceptors (Lipinski definition) is 3. The van der Waals surface area contributed by atoms with Crippen LogP contribution in [-0.2, 0) is 22.7 Å². The molecule has 0 radical (unpaired) electrons. The fraction of sp³-hybridized carbons (Fsp3) is 0.133. The average molecular weight is 260 g/mol. The minimum absolute atomic E-state index is 0. The molecule has 19 heavy (non-hydrogen) atoms. The second-order valence-electron chi connectivity index (χ2n) is 3.80. The SMILES string of the molecule is O.O=C(OCc1ccccc1)OCc1ccccc1. The molecule has 0 saturated carbocycles. The number of rotatable bonds is 4. The monoisotopic (exact) mass is 260 g/mol. The highest BCUT2D eigenvalue weighted by Gasteiger charge is 2.04. The van der Waals surface area contributed by atoms with Gasteiger partial charge in [-0.1, -0.05) is 60.7 Å². The molecule has 4 heteroatoms. The first-order valence-electron chi connectivity index (χ1n) is 5.72. The van der Waals surface area contributed by atoms with Gasteiger partial charge in [0.2, 0.25) is 0 Å². The average Bonchev–Trinajstić information content (AvgIpc) is 2.45. The van der Waals surface area contributed by atoms with Gasteiger partial charge in [0.1, 0.15) is 13.2 Å². The lowest BCUT2D eigenvalue weighted by atomic mass is 10.2. The van der Waals surface area contributed by atoms with E-state index in [9.17, 15) is 4.79 Å². The topological polar surface area (TPSA) is 67.0 Å². The summed E-state index contributed by atoms with van der Waals surface area (Å²) in [6.45, 7) is 0.461. The molecular formula is C15H16O4. The highest BCUT2D eigenvalue weighted by atomic mass is 16.7. The molecule has 0 heterocycles. The lowest BCUT2D eigenvalue weighted by Gasteiger charge is -2.06. The zero-order valence-electron chi connectivity index (χ0n) is 10.4. The minimum Gasteiger partial charge on any atom is -0.429 e. The third-order valence-corrected chi connectivity index (χ3v) is 2.40. The molecule has 0 aliphatic carbocycles. The standard InChI is InChI=1S/C15H14O3.H2O/c16-15(17-11-13-7-3-1-4-8-13)18-12-14-9-5-2-6-10-14;/h1-10H,11-12H2;1H2. The summed E-state index contributed by atoms with van der Waals surface area (Å²) in [4.78, 5) is 11.3. The van der Waals surface area contributed by atoms with Gasteiger partial charge in [-0.25, -0.2) is 4.79 Å². The van der Waals surface area contributed by atoms with Gasteiger partial charge in [0.05, 0.1) is 0 Å². The van der Waals surface area contributed by atoms with Gasteiger partial charge in [-0.15, -0.1) is 0 Å². The predicted octanol–water partition coefficient (Wildman–Crippen LogP) is 2.72. The Kier molecular flexibility index (Phi) is 6.12. The third kappa shape index (κ3) is 5.23. The van der Waals surface area contributed by atoms with Crippen molar-refractivity contribution in [2.75, 3.05) is 0 Å². The number of hydrogen-bond donors (Lipinski definition) is 0. The molecule has 0 aliphatic heterocycles. The van der Waals surface area contributed by atoms with E-state index in [1.807, 2.05) is 60.7 Å².